The highest BCUT2D eigenvalue weighted by Gasteiger charge is 2.31. The van der Waals surface area contributed by atoms with Gasteiger partial charge in [-0.2, -0.15) is 13.2 Å². The van der Waals surface area contributed by atoms with Crippen LogP contribution >= 0.6 is 0 Å². The highest BCUT2D eigenvalue weighted by molar-refractivity contribution is 5.78. The molecule has 1 saturated heterocycles. The van der Waals surface area contributed by atoms with Crippen molar-refractivity contribution in [1.29, 1.82) is 0 Å². The van der Waals surface area contributed by atoms with Crippen LogP contribution in [0.1, 0.15) is 43.0 Å². The third-order valence-corrected chi connectivity index (χ3v) is 5.62. The molecule has 1 N–H and O–H groups in total. The predicted molar refractivity (Wildman–Crippen MR) is 115 cm³/mol. The molecule has 0 bridgehead atoms. The first-order chi connectivity index (χ1) is 14.8. The Bertz CT molecular complexity index is 853. The van der Waals surface area contributed by atoms with Crippen LogP contribution in [-0.2, 0) is 17.4 Å². The Morgan fingerprint density at radius 1 is 1.10 bits per heavy atom. The maximum atomic E-state index is 12.7. The Kier molecular flexibility index (Phi) is 7.54. The van der Waals surface area contributed by atoms with E-state index in [1.807, 2.05) is 24.0 Å². The number of aryl methyl sites for hydroxylation is 1. The molecule has 0 spiro atoms. The minimum absolute atomic E-state index is 0.0341. The smallest absolute Gasteiger partial charge is 0.355 e. The lowest BCUT2D eigenvalue weighted by atomic mass is 10.1. The van der Waals surface area contributed by atoms with Crippen LogP contribution < -0.4 is 10.2 Å². The Labute approximate surface area is 181 Å². The molecule has 1 aliphatic heterocycles. The van der Waals surface area contributed by atoms with Crippen molar-refractivity contribution < 1.29 is 18.0 Å². The Balaban J connectivity index is 1.50. The van der Waals surface area contributed by atoms with Crippen LogP contribution in [0, 0.1) is 0 Å². The molecule has 1 aromatic heterocycles. The van der Waals surface area contributed by atoms with E-state index in [9.17, 15) is 18.0 Å². The number of pyridine rings is 1. The van der Waals surface area contributed by atoms with Crippen LogP contribution in [-0.4, -0.2) is 48.5 Å². The molecule has 5 nitrogen and oxygen atoms in total. The maximum absolute atomic E-state index is 12.7. The van der Waals surface area contributed by atoms with Gasteiger partial charge in [0.15, 0.2) is 0 Å². The highest BCUT2D eigenvalue weighted by atomic mass is 19.4. The van der Waals surface area contributed by atoms with E-state index in [1.54, 1.807) is 0 Å². The molecule has 8 heteroatoms. The lowest BCUT2D eigenvalue weighted by Crippen LogP contribution is -2.40. The molecule has 168 valence electrons. The number of halogens is 3. The van der Waals surface area contributed by atoms with Gasteiger partial charge in [-0.15, -0.1) is 0 Å². The van der Waals surface area contributed by atoms with Crippen LogP contribution in [0.2, 0.25) is 0 Å². The molecule has 1 aliphatic rings. The van der Waals surface area contributed by atoms with Crippen molar-refractivity contribution in [2.24, 2.45) is 0 Å². The molecule has 2 aromatic rings. The van der Waals surface area contributed by atoms with Gasteiger partial charge in [0, 0.05) is 32.4 Å². The summed E-state index contributed by atoms with van der Waals surface area (Å²) in [5, 5.41) is 3.05. The molecule has 1 amide bonds. The fourth-order valence-electron chi connectivity index (χ4n) is 3.71. The molecule has 1 fully saturated rings. The van der Waals surface area contributed by atoms with Gasteiger partial charge in [0.25, 0.3) is 0 Å². The molecule has 3 rings (SSSR count). The number of nitrogens with one attached hydrogen (secondary N) is 1. The predicted octanol–water partition coefficient (Wildman–Crippen LogP) is 4.05. The first kappa shape index (κ1) is 23.1. The van der Waals surface area contributed by atoms with Crippen molar-refractivity contribution in [3.63, 3.8) is 0 Å². The van der Waals surface area contributed by atoms with Gasteiger partial charge >= 0.3 is 6.18 Å². The number of rotatable bonds is 6. The van der Waals surface area contributed by atoms with E-state index in [2.05, 4.69) is 34.3 Å². The van der Waals surface area contributed by atoms with Crippen LogP contribution in [0.3, 0.4) is 0 Å². The van der Waals surface area contributed by atoms with Crippen molar-refractivity contribution in [2.45, 2.75) is 38.9 Å². The van der Waals surface area contributed by atoms with Crippen molar-refractivity contribution >= 4 is 11.7 Å². The molecule has 0 saturated carbocycles. The van der Waals surface area contributed by atoms with Gasteiger partial charge in [-0.3, -0.25) is 9.69 Å². The number of anilines is 1. The number of benzene rings is 1. The van der Waals surface area contributed by atoms with E-state index in [0.717, 1.165) is 37.2 Å². The number of hydrogen-bond donors (Lipinski definition) is 1. The Hall–Kier alpha value is -2.61. The topological polar surface area (TPSA) is 48.5 Å². The summed E-state index contributed by atoms with van der Waals surface area (Å²) in [4.78, 5) is 20.6. The Morgan fingerprint density at radius 2 is 1.84 bits per heavy atom. The van der Waals surface area contributed by atoms with Gasteiger partial charge in [-0.25, -0.2) is 4.98 Å². The van der Waals surface area contributed by atoms with Gasteiger partial charge in [0.2, 0.25) is 5.91 Å². The number of nitrogens with zero attached hydrogens (tertiary/aromatic N) is 3. The van der Waals surface area contributed by atoms with Gasteiger partial charge < -0.3 is 10.2 Å². The van der Waals surface area contributed by atoms with Gasteiger partial charge in [0.1, 0.15) is 5.82 Å². The van der Waals surface area contributed by atoms with Crippen LogP contribution in [0.5, 0.6) is 0 Å². The first-order valence-corrected chi connectivity index (χ1v) is 10.6. The van der Waals surface area contributed by atoms with E-state index in [-0.39, 0.29) is 11.9 Å². The minimum Gasteiger partial charge on any atom is -0.355 e. The molecule has 0 radical (unpaired) electrons. The van der Waals surface area contributed by atoms with Gasteiger partial charge in [-0.05, 0) is 43.0 Å². The zero-order valence-corrected chi connectivity index (χ0v) is 18.0. The summed E-state index contributed by atoms with van der Waals surface area (Å²) in [7, 11) is 0. The number of carbonyl (C=O) groups is 1. The summed E-state index contributed by atoms with van der Waals surface area (Å²) in [6.07, 6.45) is -1.72. The second-order valence-corrected chi connectivity index (χ2v) is 7.90. The SMILES string of the molecule is CCc1ccc([C@H](C)NC(=O)CN2CCCN(c3ccc(C(F)(F)F)cn3)CC2)cc1. The van der Waals surface area contributed by atoms with Crippen molar-refractivity contribution in [3.05, 3.63) is 59.3 Å². The normalized spacial score (nSPS) is 16.6. The van der Waals surface area contributed by atoms with E-state index < -0.39 is 11.7 Å². The average molecular weight is 435 g/mol. The van der Waals surface area contributed by atoms with Crippen LogP contribution in [0.25, 0.3) is 0 Å². The summed E-state index contributed by atoms with van der Waals surface area (Å²) in [6.45, 7) is 7.08. The lowest BCUT2D eigenvalue weighted by Gasteiger charge is -2.23. The monoisotopic (exact) mass is 434 g/mol. The quantitative estimate of drug-likeness (QED) is 0.745. The van der Waals surface area contributed by atoms with Crippen molar-refractivity contribution in [3.8, 4) is 0 Å². The van der Waals surface area contributed by atoms with E-state index in [0.29, 0.717) is 32.0 Å². The molecule has 1 atom stereocenters. The van der Waals surface area contributed by atoms with E-state index in [1.165, 1.54) is 11.6 Å². The van der Waals surface area contributed by atoms with E-state index >= 15 is 0 Å². The van der Waals surface area contributed by atoms with Crippen LogP contribution in [0.15, 0.2) is 42.6 Å². The van der Waals surface area contributed by atoms with Crippen molar-refractivity contribution in [1.82, 2.24) is 15.2 Å². The zero-order chi connectivity index (χ0) is 22.4. The Morgan fingerprint density at radius 3 is 2.45 bits per heavy atom. The summed E-state index contributed by atoms with van der Waals surface area (Å²) in [5.41, 5.74) is 1.59. The molecule has 0 aliphatic carbocycles. The largest absolute Gasteiger partial charge is 0.417 e. The molecule has 2 heterocycles. The summed E-state index contributed by atoms with van der Waals surface area (Å²) >= 11 is 0. The number of aromatic nitrogens is 1. The number of hydrogen-bond acceptors (Lipinski definition) is 4. The minimum atomic E-state index is -4.39. The molecule has 1 aromatic carbocycles. The number of carbonyl (C=O) groups excluding carboxylic acids is 1. The van der Waals surface area contributed by atoms with E-state index in [4.69, 9.17) is 0 Å². The standard InChI is InChI=1S/C23H29F3N4O/c1-3-18-5-7-19(8-6-18)17(2)28-22(31)16-29-11-4-12-30(14-13-29)21-10-9-20(15-27-21)23(24,25)26/h5-10,15,17H,3-4,11-14,16H2,1-2H3,(H,28,31)/t17-/m0/s1. The fourth-order valence-corrected chi connectivity index (χ4v) is 3.71. The van der Waals surface area contributed by atoms with Crippen LogP contribution in [0.4, 0.5) is 19.0 Å². The third kappa shape index (κ3) is 6.43. The van der Waals surface area contributed by atoms with Crippen molar-refractivity contribution in [2.75, 3.05) is 37.6 Å². The second kappa shape index (κ2) is 10.1. The zero-order valence-electron chi connectivity index (χ0n) is 18.0. The van der Waals surface area contributed by atoms with Gasteiger partial charge in [0.05, 0.1) is 18.2 Å². The second-order valence-electron chi connectivity index (χ2n) is 7.90. The lowest BCUT2D eigenvalue weighted by molar-refractivity contribution is -0.137. The fraction of sp³-hybridized carbons (Fsp3) is 0.478. The summed E-state index contributed by atoms with van der Waals surface area (Å²) < 4.78 is 38.2. The maximum Gasteiger partial charge on any atom is 0.417 e. The number of alkyl halides is 3. The number of amides is 1. The summed E-state index contributed by atoms with van der Waals surface area (Å²) in [6, 6.07) is 10.7. The molecular weight excluding hydrogens is 405 g/mol. The first-order valence-electron chi connectivity index (χ1n) is 10.6. The highest BCUT2D eigenvalue weighted by Crippen LogP contribution is 2.29. The third-order valence-electron chi connectivity index (χ3n) is 5.62. The summed E-state index contributed by atoms with van der Waals surface area (Å²) in [5.74, 6) is 0.497. The van der Waals surface area contributed by atoms with Gasteiger partial charge in [-0.1, -0.05) is 31.2 Å². The molecule has 31 heavy (non-hydrogen) atoms. The average Bonchev–Trinajstić information content (AvgIpc) is 2.98. The molecular formula is C23H29F3N4O. The molecule has 0 unspecified atom stereocenters.